The van der Waals surface area contributed by atoms with E-state index in [0.717, 1.165) is 0 Å². The van der Waals surface area contributed by atoms with Crippen molar-refractivity contribution in [3.8, 4) is 0 Å². The predicted molar refractivity (Wildman–Crippen MR) is 49.1 cm³/mol. The summed E-state index contributed by atoms with van der Waals surface area (Å²) in [6.45, 7) is 8.17. The molecule has 72 valence electrons. The van der Waals surface area contributed by atoms with Crippen LogP contribution >= 0.6 is 0 Å². The van der Waals surface area contributed by atoms with Crippen molar-refractivity contribution >= 4 is 5.78 Å². The van der Waals surface area contributed by atoms with Crippen molar-refractivity contribution in [2.24, 2.45) is 0 Å². The number of aliphatic hydroxyl groups excluding tert-OH is 1. The molecule has 0 heterocycles. The number of aliphatic hydroxyl groups is 1. The third-order valence-corrected chi connectivity index (χ3v) is 2.11. The van der Waals surface area contributed by atoms with Crippen LogP contribution in [0.2, 0.25) is 0 Å². The molecule has 0 radical (unpaired) electrons. The first-order valence-corrected chi connectivity index (χ1v) is 4.37. The van der Waals surface area contributed by atoms with E-state index in [0.29, 0.717) is 12.6 Å². The minimum Gasteiger partial charge on any atom is -0.395 e. The summed E-state index contributed by atoms with van der Waals surface area (Å²) in [5, 5.41) is 8.76. The van der Waals surface area contributed by atoms with Crippen molar-refractivity contribution in [2.45, 2.75) is 39.8 Å². The number of rotatable bonds is 5. The number of Topliss-reactive ketones (excluding diaryl/α,β-unsaturated/α-hetero) is 1. The molecule has 0 fully saturated rings. The first-order valence-electron chi connectivity index (χ1n) is 4.37. The maximum atomic E-state index is 11.0. The van der Waals surface area contributed by atoms with E-state index in [4.69, 9.17) is 5.11 Å². The van der Waals surface area contributed by atoms with E-state index < -0.39 is 0 Å². The maximum absolute atomic E-state index is 11.0. The molecule has 12 heavy (non-hydrogen) atoms. The summed E-state index contributed by atoms with van der Waals surface area (Å²) in [6.07, 6.45) is 0. The Kier molecular flexibility index (Phi) is 5.09. The molecule has 0 aromatic rings. The molecule has 1 N–H and O–H groups in total. The van der Waals surface area contributed by atoms with Gasteiger partial charge in [0.25, 0.3) is 0 Å². The van der Waals surface area contributed by atoms with Crippen LogP contribution in [0.3, 0.4) is 0 Å². The van der Waals surface area contributed by atoms with Gasteiger partial charge >= 0.3 is 0 Å². The number of hydrogen-bond acceptors (Lipinski definition) is 3. The Morgan fingerprint density at radius 3 is 2.17 bits per heavy atom. The van der Waals surface area contributed by atoms with Crippen molar-refractivity contribution < 1.29 is 9.90 Å². The molecule has 0 aromatic heterocycles. The monoisotopic (exact) mass is 173 g/mol. The van der Waals surface area contributed by atoms with Gasteiger partial charge in [-0.05, 0) is 27.7 Å². The van der Waals surface area contributed by atoms with Gasteiger partial charge in [-0.15, -0.1) is 0 Å². The second-order valence-corrected chi connectivity index (χ2v) is 3.34. The molecule has 1 atom stereocenters. The fourth-order valence-electron chi connectivity index (χ4n) is 1.25. The van der Waals surface area contributed by atoms with E-state index in [1.165, 1.54) is 0 Å². The molecule has 3 heteroatoms. The van der Waals surface area contributed by atoms with Crippen LogP contribution in [0, 0.1) is 0 Å². The van der Waals surface area contributed by atoms with Gasteiger partial charge in [-0.2, -0.15) is 0 Å². The Morgan fingerprint density at radius 2 is 1.92 bits per heavy atom. The number of hydrogen-bond donors (Lipinski definition) is 1. The van der Waals surface area contributed by atoms with E-state index >= 15 is 0 Å². The molecule has 1 unspecified atom stereocenters. The molecule has 0 aliphatic carbocycles. The van der Waals surface area contributed by atoms with Gasteiger partial charge in [0.2, 0.25) is 0 Å². The highest BCUT2D eigenvalue weighted by atomic mass is 16.3. The highest BCUT2D eigenvalue weighted by Gasteiger charge is 2.19. The zero-order valence-corrected chi connectivity index (χ0v) is 8.37. The van der Waals surface area contributed by atoms with Crippen molar-refractivity contribution in [3.63, 3.8) is 0 Å². The zero-order chi connectivity index (χ0) is 9.72. The maximum Gasteiger partial charge on any atom is 0.146 e. The van der Waals surface area contributed by atoms with Gasteiger partial charge in [0.05, 0.1) is 12.6 Å². The smallest absolute Gasteiger partial charge is 0.146 e. The Morgan fingerprint density at radius 1 is 1.42 bits per heavy atom. The molecular weight excluding hydrogens is 154 g/mol. The van der Waals surface area contributed by atoms with Crippen LogP contribution in [0.1, 0.15) is 27.7 Å². The number of ketones is 1. The van der Waals surface area contributed by atoms with E-state index in [2.05, 4.69) is 0 Å². The molecule has 0 rings (SSSR count). The van der Waals surface area contributed by atoms with Gasteiger partial charge in [-0.3, -0.25) is 9.69 Å². The largest absolute Gasteiger partial charge is 0.395 e. The SMILES string of the molecule is CC(=O)C(C)N(CCO)C(C)C. The summed E-state index contributed by atoms with van der Waals surface area (Å²) >= 11 is 0. The van der Waals surface area contributed by atoms with Gasteiger partial charge in [0.1, 0.15) is 5.78 Å². The van der Waals surface area contributed by atoms with E-state index in [1.54, 1.807) is 6.92 Å². The highest BCUT2D eigenvalue weighted by molar-refractivity contribution is 5.80. The Hall–Kier alpha value is -0.410. The normalized spacial score (nSPS) is 13.9. The van der Waals surface area contributed by atoms with Crippen molar-refractivity contribution in [3.05, 3.63) is 0 Å². The van der Waals surface area contributed by atoms with Crippen molar-refractivity contribution in [1.29, 1.82) is 0 Å². The standard InChI is InChI=1S/C9H19NO2/c1-7(2)10(5-6-11)8(3)9(4)12/h7-8,11H,5-6H2,1-4H3. The van der Waals surface area contributed by atoms with E-state index in [9.17, 15) is 4.79 Å². The number of nitrogens with zero attached hydrogens (tertiary/aromatic N) is 1. The zero-order valence-electron chi connectivity index (χ0n) is 8.37. The van der Waals surface area contributed by atoms with Crippen molar-refractivity contribution in [1.82, 2.24) is 4.90 Å². The van der Waals surface area contributed by atoms with Gasteiger partial charge < -0.3 is 5.11 Å². The van der Waals surface area contributed by atoms with Crippen LogP contribution in [-0.2, 0) is 4.79 Å². The lowest BCUT2D eigenvalue weighted by Gasteiger charge is -2.30. The summed E-state index contributed by atoms with van der Waals surface area (Å²) in [7, 11) is 0. The van der Waals surface area contributed by atoms with Gasteiger partial charge in [0.15, 0.2) is 0 Å². The lowest BCUT2D eigenvalue weighted by Crippen LogP contribution is -2.44. The Labute approximate surface area is 74.4 Å². The fraction of sp³-hybridized carbons (Fsp3) is 0.889. The topological polar surface area (TPSA) is 40.5 Å². The van der Waals surface area contributed by atoms with Crippen LogP contribution in [0.25, 0.3) is 0 Å². The second kappa shape index (κ2) is 5.27. The summed E-state index contributed by atoms with van der Waals surface area (Å²) in [4.78, 5) is 13.0. The van der Waals surface area contributed by atoms with Crippen LogP contribution in [-0.4, -0.2) is 41.0 Å². The number of carbonyl (C=O) groups excluding carboxylic acids is 1. The average Bonchev–Trinajstić information content (AvgIpc) is 1.98. The summed E-state index contributed by atoms with van der Waals surface area (Å²) in [6, 6.07) is 0.216. The minimum absolute atomic E-state index is 0.0860. The third kappa shape index (κ3) is 3.32. The number of carbonyl (C=O) groups is 1. The van der Waals surface area contributed by atoms with Gasteiger partial charge in [-0.25, -0.2) is 0 Å². The summed E-state index contributed by atoms with van der Waals surface area (Å²) in [5.74, 6) is 0.150. The molecule has 0 aromatic carbocycles. The molecular formula is C9H19NO2. The third-order valence-electron chi connectivity index (χ3n) is 2.11. The molecule has 0 spiro atoms. The first kappa shape index (κ1) is 11.6. The molecule has 0 saturated carbocycles. The summed E-state index contributed by atoms with van der Waals surface area (Å²) < 4.78 is 0. The average molecular weight is 173 g/mol. The van der Waals surface area contributed by atoms with Crippen LogP contribution in [0.5, 0.6) is 0 Å². The summed E-state index contributed by atoms with van der Waals surface area (Å²) in [5.41, 5.74) is 0. The van der Waals surface area contributed by atoms with Gasteiger partial charge in [0, 0.05) is 12.6 Å². The lowest BCUT2D eigenvalue weighted by molar-refractivity contribution is -0.122. The molecule has 0 aliphatic rings. The Bertz CT molecular complexity index is 145. The predicted octanol–water partition coefficient (Wildman–Crippen LogP) is 0.667. The first-order chi connectivity index (χ1) is 5.50. The molecule has 3 nitrogen and oxygen atoms in total. The second-order valence-electron chi connectivity index (χ2n) is 3.34. The molecule has 0 amide bonds. The van der Waals surface area contributed by atoms with E-state index in [1.807, 2.05) is 25.7 Å². The van der Waals surface area contributed by atoms with Crippen LogP contribution < -0.4 is 0 Å². The molecule has 0 aliphatic heterocycles. The van der Waals surface area contributed by atoms with Gasteiger partial charge in [-0.1, -0.05) is 0 Å². The van der Waals surface area contributed by atoms with Crippen LogP contribution in [0.15, 0.2) is 0 Å². The molecule has 0 saturated heterocycles. The van der Waals surface area contributed by atoms with Crippen LogP contribution in [0.4, 0.5) is 0 Å². The highest BCUT2D eigenvalue weighted by Crippen LogP contribution is 2.05. The fourth-order valence-corrected chi connectivity index (χ4v) is 1.25. The Balaban J connectivity index is 4.18. The quantitative estimate of drug-likeness (QED) is 0.664. The lowest BCUT2D eigenvalue weighted by atomic mass is 10.1. The minimum atomic E-state index is -0.0860. The van der Waals surface area contributed by atoms with Crippen molar-refractivity contribution in [2.75, 3.05) is 13.2 Å². The van der Waals surface area contributed by atoms with E-state index in [-0.39, 0.29) is 18.4 Å². The molecule has 0 bridgehead atoms.